The van der Waals surface area contributed by atoms with Crippen LogP contribution < -0.4 is 0 Å². The second-order valence-corrected chi connectivity index (χ2v) is 6.36. The van der Waals surface area contributed by atoms with Crippen molar-refractivity contribution in [2.75, 3.05) is 0 Å². The Bertz CT molecular complexity index is 1160. The summed E-state index contributed by atoms with van der Waals surface area (Å²) in [6.45, 7) is 0. The van der Waals surface area contributed by atoms with Crippen LogP contribution in [0, 0.1) is 0 Å². The SMILES string of the molecule is O=C(/C(=N\N=C\c1ccc2ccccc2c1)c1ccccc1)c1ccccc1. The van der Waals surface area contributed by atoms with Crippen LogP contribution in [0.5, 0.6) is 0 Å². The molecule has 0 spiro atoms. The molecule has 134 valence electrons. The largest absolute Gasteiger partial charge is 0.287 e. The number of Topliss-reactive ketones (excluding diaryl/α,β-unsaturated/α-hetero) is 1. The molecule has 0 unspecified atom stereocenters. The predicted octanol–water partition coefficient (Wildman–Crippen LogP) is 5.55. The van der Waals surface area contributed by atoms with Gasteiger partial charge in [-0.15, -0.1) is 5.10 Å². The molecule has 0 radical (unpaired) electrons. The first-order valence-electron chi connectivity index (χ1n) is 9.06. The molecule has 0 saturated heterocycles. The van der Waals surface area contributed by atoms with Crippen LogP contribution in [0.3, 0.4) is 0 Å². The van der Waals surface area contributed by atoms with E-state index in [4.69, 9.17) is 0 Å². The van der Waals surface area contributed by atoms with Gasteiger partial charge in [-0.2, -0.15) is 5.10 Å². The number of carbonyl (C=O) groups is 1. The van der Waals surface area contributed by atoms with Gasteiger partial charge in [-0.1, -0.05) is 97.1 Å². The Morgan fingerprint density at radius 2 is 1.25 bits per heavy atom. The fraction of sp³-hybridized carbons (Fsp3) is 0. The molecule has 4 aromatic carbocycles. The van der Waals surface area contributed by atoms with Crippen molar-refractivity contribution in [2.24, 2.45) is 10.2 Å². The molecule has 0 bridgehead atoms. The molecule has 3 nitrogen and oxygen atoms in total. The third kappa shape index (κ3) is 3.94. The van der Waals surface area contributed by atoms with Gasteiger partial charge >= 0.3 is 0 Å². The molecule has 0 heterocycles. The fourth-order valence-electron chi connectivity index (χ4n) is 3.00. The van der Waals surface area contributed by atoms with Crippen LogP contribution in [0.25, 0.3) is 10.8 Å². The van der Waals surface area contributed by atoms with Gasteiger partial charge in [0.25, 0.3) is 0 Å². The van der Waals surface area contributed by atoms with Crippen molar-refractivity contribution in [1.82, 2.24) is 0 Å². The molecule has 3 heteroatoms. The van der Waals surface area contributed by atoms with Gasteiger partial charge in [-0.3, -0.25) is 4.79 Å². The zero-order valence-electron chi connectivity index (χ0n) is 15.2. The van der Waals surface area contributed by atoms with Crippen LogP contribution in [0.2, 0.25) is 0 Å². The smallest absolute Gasteiger partial charge is 0.213 e. The second kappa shape index (κ2) is 8.23. The minimum Gasteiger partial charge on any atom is -0.287 e. The van der Waals surface area contributed by atoms with Gasteiger partial charge in [0, 0.05) is 11.1 Å². The Kier molecular flexibility index (Phi) is 5.16. The predicted molar refractivity (Wildman–Crippen MR) is 115 cm³/mol. The van der Waals surface area contributed by atoms with E-state index in [2.05, 4.69) is 28.4 Å². The van der Waals surface area contributed by atoms with Crippen LogP contribution in [-0.2, 0) is 0 Å². The van der Waals surface area contributed by atoms with Crippen molar-refractivity contribution >= 4 is 28.5 Å². The lowest BCUT2D eigenvalue weighted by Gasteiger charge is -2.04. The van der Waals surface area contributed by atoms with Crippen molar-refractivity contribution in [3.8, 4) is 0 Å². The molecular weight excluding hydrogens is 344 g/mol. The number of hydrogen-bond donors (Lipinski definition) is 0. The minimum atomic E-state index is -0.150. The van der Waals surface area contributed by atoms with Gasteiger partial charge < -0.3 is 0 Å². The Hall–Kier alpha value is -3.85. The summed E-state index contributed by atoms with van der Waals surface area (Å²) in [5.41, 5.74) is 2.59. The van der Waals surface area contributed by atoms with Crippen molar-refractivity contribution in [2.45, 2.75) is 0 Å². The van der Waals surface area contributed by atoms with Crippen LogP contribution >= 0.6 is 0 Å². The Morgan fingerprint density at radius 1 is 0.643 bits per heavy atom. The first-order chi connectivity index (χ1) is 13.8. The molecular formula is C25H18N2O. The van der Waals surface area contributed by atoms with Crippen LogP contribution in [0.1, 0.15) is 21.5 Å². The molecule has 0 aromatic heterocycles. The van der Waals surface area contributed by atoms with E-state index in [0.717, 1.165) is 16.5 Å². The third-order valence-electron chi connectivity index (χ3n) is 4.44. The standard InChI is InChI=1S/C25H18N2O/c28-25(22-12-5-2-6-13-22)24(21-10-3-1-4-11-21)27-26-18-19-15-16-20-9-7-8-14-23(20)17-19/h1-18H/b26-18+,27-24-. The molecule has 0 amide bonds. The summed E-state index contributed by atoms with van der Waals surface area (Å²) in [5, 5.41) is 10.8. The van der Waals surface area contributed by atoms with Gasteiger partial charge in [0.15, 0.2) is 0 Å². The van der Waals surface area contributed by atoms with Gasteiger partial charge in [-0.25, -0.2) is 0 Å². The van der Waals surface area contributed by atoms with E-state index in [1.165, 1.54) is 5.39 Å². The summed E-state index contributed by atoms with van der Waals surface area (Å²) in [6, 6.07) is 32.8. The summed E-state index contributed by atoms with van der Waals surface area (Å²) in [7, 11) is 0. The maximum absolute atomic E-state index is 13.0. The normalized spacial score (nSPS) is 11.8. The number of ketones is 1. The molecule has 0 aliphatic carbocycles. The second-order valence-electron chi connectivity index (χ2n) is 6.36. The Balaban J connectivity index is 1.68. The van der Waals surface area contributed by atoms with Crippen molar-refractivity contribution < 1.29 is 4.79 Å². The molecule has 0 aliphatic heterocycles. The van der Waals surface area contributed by atoms with E-state index >= 15 is 0 Å². The van der Waals surface area contributed by atoms with Crippen LogP contribution in [-0.4, -0.2) is 17.7 Å². The molecule has 4 aromatic rings. The van der Waals surface area contributed by atoms with Gasteiger partial charge in [-0.05, 0) is 22.4 Å². The number of hydrogen-bond acceptors (Lipinski definition) is 3. The van der Waals surface area contributed by atoms with E-state index in [1.54, 1.807) is 18.3 Å². The average Bonchev–Trinajstić information content (AvgIpc) is 2.77. The maximum atomic E-state index is 13.0. The maximum Gasteiger partial charge on any atom is 0.213 e. The number of carbonyl (C=O) groups excluding carboxylic acids is 1. The van der Waals surface area contributed by atoms with E-state index in [9.17, 15) is 4.79 Å². The van der Waals surface area contributed by atoms with E-state index in [1.807, 2.05) is 72.8 Å². The first kappa shape index (κ1) is 17.6. The van der Waals surface area contributed by atoms with E-state index in [-0.39, 0.29) is 5.78 Å². The topological polar surface area (TPSA) is 41.8 Å². The summed E-state index contributed by atoms with van der Waals surface area (Å²) in [5.74, 6) is -0.150. The van der Waals surface area contributed by atoms with Gasteiger partial charge in [0.2, 0.25) is 5.78 Å². The highest BCUT2D eigenvalue weighted by molar-refractivity contribution is 6.51. The van der Waals surface area contributed by atoms with Crippen LogP contribution in [0.15, 0.2) is 113 Å². The van der Waals surface area contributed by atoms with Gasteiger partial charge in [0.1, 0.15) is 5.71 Å². The number of benzene rings is 4. The molecule has 28 heavy (non-hydrogen) atoms. The Labute approximate surface area is 163 Å². The third-order valence-corrected chi connectivity index (χ3v) is 4.44. The summed E-state index contributed by atoms with van der Waals surface area (Å²) in [4.78, 5) is 13.0. The summed E-state index contributed by atoms with van der Waals surface area (Å²) >= 11 is 0. The highest BCUT2D eigenvalue weighted by Gasteiger charge is 2.15. The molecule has 0 saturated carbocycles. The fourth-order valence-corrected chi connectivity index (χ4v) is 3.00. The summed E-state index contributed by atoms with van der Waals surface area (Å²) < 4.78 is 0. The molecule has 0 N–H and O–H groups in total. The first-order valence-corrected chi connectivity index (χ1v) is 9.06. The van der Waals surface area contributed by atoms with Crippen LogP contribution in [0.4, 0.5) is 0 Å². The van der Waals surface area contributed by atoms with Crippen molar-refractivity contribution in [1.29, 1.82) is 0 Å². The lowest BCUT2D eigenvalue weighted by atomic mass is 10.0. The lowest BCUT2D eigenvalue weighted by Crippen LogP contribution is -2.15. The minimum absolute atomic E-state index is 0.150. The monoisotopic (exact) mass is 362 g/mol. The zero-order chi connectivity index (χ0) is 19.2. The van der Waals surface area contributed by atoms with E-state index < -0.39 is 0 Å². The quantitative estimate of drug-likeness (QED) is 0.261. The highest BCUT2D eigenvalue weighted by atomic mass is 16.1. The van der Waals surface area contributed by atoms with E-state index in [0.29, 0.717) is 11.3 Å². The van der Waals surface area contributed by atoms with Crippen molar-refractivity contribution in [3.05, 3.63) is 120 Å². The molecule has 4 rings (SSSR count). The molecule has 0 fully saturated rings. The zero-order valence-corrected chi connectivity index (χ0v) is 15.2. The lowest BCUT2D eigenvalue weighted by molar-refractivity contribution is 0.106. The van der Waals surface area contributed by atoms with Crippen molar-refractivity contribution in [3.63, 3.8) is 0 Å². The number of nitrogens with zero attached hydrogens (tertiary/aromatic N) is 2. The van der Waals surface area contributed by atoms with Gasteiger partial charge in [0.05, 0.1) is 6.21 Å². The Morgan fingerprint density at radius 3 is 1.96 bits per heavy atom. The molecule has 0 atom stereocenters. The molecule has 0 aliphatic rings. The number of rotatable bonds is 5. The summed E-state index contributed by atoms with van der Waals surface area (Å²) in [6.07, 6.45) is 1.67. The average molecular weight is 362 g/mol. The highest BCUT2D eigenvalue weighted by Crippen LogP contribution is 2.15. The number of fused-ring (bicyclic) bond motifs is 1.